The van der Waals surface area contributed by atoms with Gasteiger partial charge in [0.05, 0.1) is 12.4 Å². The van der Waals surface area contributed by atoms with Crippen LogP contribution in [0.1, 0.15) is 78.6 Å². The number of hydrogen-bond acceptors (Lipinski definition) is 4. The number of fused-ring (bicyclic) bond motifs is 2. The topological polar surface area (TPSA) is 45.3 Å². The van der Waals surface area contributed by atoms with Crippen molar-refractivity contribution in [1.29, 1.82) is 0 Å². The lowest BCUT2D eigenvalue weighted by Crippen LogP contribution is -2.28. The Bertz CT molecular complexity index is 870. The van der Waals surface area contributed by atoms with Gasteiger partial charge in [-0.1, -0.05) is 62.0 Å². The van der Waals surface area contributed by atoms with Gasteiger partial charge in [0, 0.05) is 18.2 Å². The van der Waals surface area contributed by atoms with Gasteiger partial charge in [0.1, 0.15) is 0 Å². The molecule has 3 unspecified atom stereocenters. The molecule has 3 atom stereocenters. The zero-order chi connectivity index (χ0) is 26.1. The van der Waals surface area contributed by atoms with Gasteiger partial charge in [0.15, 0.2) is 0 Å². The molecule has 204 valence electrons. The van der Waals surface area contributed by atoms with E-state index >= 15 is 0 Å². The van der Waals surface area contributed by atoms with Gasteiger partial charge in [0.25, 0.3) is 0 Å². The van der Waals surface area contributed by atoms with Crippen LogP contribution in [0.15, 0.2) is 84.1 Å². The molecule has 4 nitrogen and oxygen atoms in total. The predicted octanol–water partition coefficient (Wildman–Crippen LogP) is 7.43. The lowest BCUT2D eigenvalue weighted by molar-refractivity contribution is 0.211. The van der Waals surface area contributed by atoms with E-state index in [2.05, 4.69) is 96.9 Å². The standard InChI is InChI=1S/C33H51N3O/c1-4-11-33(37-5-2)22-27(3)12-8-9-19-35-31-14-7-6-13-29-24-30(23-28-17-20-34-21-18-28)26-36-32(25-29)16-10-15-31/h6-9,11-14,16,19,26-29,31,34-36H,4-5,10,15,17-18,20-25H2,1-3H3/b12-8-,13-6?,14-7?,19-9+,32-16+,33-11+. The first kappa shape index (κ1) is 29.1. The highest BCUT2D eigenvalue weighted by molar-refractivity contribution is 5.20. The van der Waals surface area contributed by atoms with Crippen molar-refractivity contribution in [3.8, 4) is 0 Å². The Labute approximate surface area is 226 Å². The van der Waals surface area contributed by atoms with Crippen molar-refractivity contribution in [2.24, 2.45) is 17.8 Å². The van der Waals surface area contributed by atoms with Gasteiger partial charge >= 0.3 is 0 Å². The zero-order valence-electron chi connectivity index (χ0n) is 23.6. The second-order valence-electron chi connectivity index (χ2n) is 10.8. The monoisotopic (exact) mass is 505 g/mol. The average Bonchev–Trinajstić information content (AvgIpc) is 3.10. The fourth-order valence-corrected chi connectivity index (χ4v) is 5.46. The van der Waals surface area contributed by atoms with E-state index in [0.717, 1.165) is 50.4 Å². The molecule has 0 radical (unpaired) electrons. The Kier molecular flexibility index (Phi) is 13.5. The van der Waals surface area contributed by atoms with Gasteiger partial charge in [-0.05, 0) is 114 Å². The molecular weight excluding hydrogens is 454 g/mol. The van der Waals surface area contributed by atoms with Crippen molar-refractivity contribution in [2.45, 2.75) is 84.6 Å². The Hall–Kier alpha value is -2.46. The van der Waals surface area contributed by atoms with E-state index in [1.54, 1.807) is 5.57 Å². The van der Waals surface area contributed by atoms with Crippen molar-refractivity contribution in [3.05, 3.63) is 84.1 Å². The number of piperidine rings is 1. The van der Waals surface area contributed by atoms with Crippen LogP contribution < -0.4 is 16.0 Å². The van der Waals surface area contributed by atoms with Crippen molar-refractivity contribution in [2.75, 3.05) is 19.7 Å². The van der Waals surface area contributed by atoms with E-state index in [1.165, 1.54) is 44.5 Å². The third kappa shape index (κ3) is 11.6. The minimum atomic E-state index is 0.326. The maximum atomic E-state index is 5.75. The number of rotatable bonds is 11. The third-order valence-corrected chi connectivity index (χ3v) is 7.43. The number of ether oxygens (including phenoxy) is 1. The number of hydrogen-bond donors (Lipinski definition) is 3. The fraction of sp³-hybridized carbons (Fsp3) is 0.576. The maximum Gasteiger partial charge on any atom is 0.0925 e. The molecular formula is C33H51N3O. The van der Waals surface area contributed by atoms with Crippen LogP contribution in [-0.4, -0.2) is 25.7 Å². The molecule has 37 heavy (non-hydrogen) atoms. The van der Waals surface area contributed by atoms with Gasteiger partial charge in [-0.2, -0.15) is 0 Å². The SMILES string of the molecule is CC/C=C(\CC(C)/C=C\C=C\NC1C=CC=CC2CC(CC3CCNCC3)=CN/C(=C/CC1)C2)OCC. The van der Waals surface area contributed by atoms with Crippen LogP contribution in [0.2, 0.25) is 0 Å². The summed E-state index contributed by atoms with van der Waals surface area (Å²) in [6.45, 7) is 9.54. The Morgan fingerprint density at radius 3 is 2.76 bits per heavy atom. The summed E-state index contributed by atoms with van der Waals surface area (Å²) in [5, 5.41) is 10.8. The van der Waals surface area contributed by atoms with Gasteiger partial charge in [-0.15, -0.1) is 0 Å². The van der Waals surface area contributed by atoms with Crippen LogP contribution in [-0.2, 0) is 4.74 Å². The molecule has 1 aliphatic carbocycles. The average molecular weight is 506 g/mol. The second-order valence-corrected chi connectivity index (χ2v) is 10.8. The lowest BCUT2D eigenvalue weighted by atomic mass is 9.87. The molecule has 0 aromatic carbocycles. The smallest absolute Gasteiger partial charge is 0.0925 e. The third-order valence-electron chi connectivity index (χ3n) is 7.43. The van der Waals surface area contributed by atoms with E-state index in [-0.39, 0.29) is 0 Å². The first-order valence-electron chi connectivity index (χ1n) is 14.8. The van der Waals surface area contributed by atoms with Crippen molar-refractivity contribution in [3.63, 3.8) is 0 Å². The number of allylic oxidation sites excluding steroid dienone is 11. The summed E-state index contributed by atoms with van der Waals surface area (Å²) in [7, 11) is 0. The molecule has 1 saturated heterocycles. The predicted molar refractivity (Wildman–Crippen MR) is 159 cm³/mol. The van der Waals surface area contributed by atoms with Crippen molar-refractivity contribution >= 4 is 0 Å². The summed E-state index contributed by atoms with van der Waals surface area (Å²) < 4.78 is 5.75. The Morgan fingerprint density at radius 1 is 1.11 bits per heavy atom. The summed E-state index contributed by atoms with van der Waals surface area (Å²) in [5.74, 6) is 2.97. The molecule has 2 heterocycles. The first-order chi connectivity index (χ1) is 18.2. The van der Waals surface area contributed by atoms with Crippen molar-refractivity contribution in [1.82, 2.24) is 16.0 Å². The van der Waals surface area contributed by atoms with Crippen LogP contribution in [0.25, 0.3) is 0 Å². The van der Waals surface area contributed by atoms with Gasteiger partial charge in [-0.3, -0.25) is 0 Å². The summed E-state index contributed by atoms with van der Waals surface area (Å²) in [6.07, 6.45) is 35.0. The molecule has 2 aliphatic heterocycles. The van der Waals surface area contributed by atoms with Gasteiger partial charge < -0.3 is 20.7 Å². The van der Waals surface area contributed by atoms with E-state index in [4.69, 9.17) is 4.74 Å². The van der Waals surface area contributed by atoms with E-state index in [1.807, 2.05) is 6.92 Å². The van der Waals surface area contributed by atoms with E-state index < -0.39 is 0 Å². The first-order valence-corrected chi connectivity index (χ1v) is 14.8. The fourth-order valence-electron chi connectivity index (χ4n) is 5.46. The van der Waals surface area contributed by atoms with Crippen LogP contribution in [0.5, 0.6) is 0 Å². The van der Waals surface area contributed by atoms with Gasteiger partial charge in [-0.25, -0.2) is 0 Å². The normalized spacial score (nSPS) is 26.1. The minimum absolute atomic E-state index is 0.326. The quantitative estimate of drug-likeness (QED) is 0.202. The molecule has 3 N–H and O–H groups in total. The molecule has 0 aromatic heterocycles. The summed E-state index contributed by atoms with van der Waals surface area (Å²) in [4.78, 5) is 0. The minimum Gasteiger partial charge on any atom is -0.499 e. The molecule has 3 rings (SSSR count). The maximum absolute atomic E-state index is 5.75. The summed E-state index contributed by atoms with van der Waals surface area (Å²) in [6, 6.07) is 0.326. The van der Waals surface area contributed by atoms with Crippen LogP contribution in [0.3, 0.4) is 0 Å². The Morgan fingerprint density at radius 2 is 1.95 bits per heavy atom. The van der Waals surface area contributed by atoms with Crippen LogP contribution in [0, 0.1) is 17.8 Å². The zero-order valence-corrected chi connectivity index (χ0v) is 23.6. The van der Waals surface area contributed by atoms with E-state index in [9.17, 15) is 0 Å². The van der Waals surface area contributed by atoms with Crippen LogP contribution in [0.4, 0.5) is 0 Å². The largest absolute Gasteiger partial charge is 0.499 e. The summed E-state index contributed by atoms with van der Waals surface area (Å²) >= 11 is 0. The highest BCUT2D eigenvalue weighted by Crippen LogP contribution is 2.30. The van der Waals surface area contributed by atoms with Gasteiger partial charge in [0.2, 0.25) is 0 Å². The molecule has 0 spiro atoms. The molecule has 0 saturated carbocycles. The highest BCUT2D eigenvalue weighted by atomic mass is 16.5. The van der Waals surface area contributed by atoms with Crippen LogP contribution >= 0.6 is 0 Å². The summed E-state index contributed by atoms with van der Waals surface area (Å²) in [5.41, 5.74) is 2.97. The molecule has 2 bridgehead atoms. The number of nitrogens with one attached hydrogen (secondary N) is 3. The molecule has 0 aromatic rings. The molecule has 0 amide bonds. The molecule has 3 aliphatic rings. The highest BCUT2D eigenvalue weighted by Gasteiger charge is 2.20. The molecule has 1 fully saturated rings. The second kappa shape index (κ2) is 17.1. The molecule has 4 heteroatoms. The Balaban J connectivity index is 1.49. The van der Waals surface area contributed by atoms with E-state index in [0.29, 0.717) is 17.9 Å². The van der Waals surface area contributed by atoms with Crippen molar-refractivity contribution < 1.29 is 4.74 Å². The lowest BCUT2D eigenvalue weighted by Gasteiger charge is -2.24.